The molecular weight excluding hydrogens is 326 g/mol. The van der Waals surface area contributed by atoms with Crippen LogP contribution >= 0.6 is 0 Å². The van der Waals surface area contributed by atoms with Crippen molar-refractivity contribution in [2.75, 3.05) is 43.0 Å². The number of anilines is 2. The first kappa shape index (κ1) is 18.1. The fourth-order valence-corrected chi connectivity index (χ4v) is 3.29. The third-order valence-electron chi connectivity index (χ3n) is 4.70. The van der Waals surface area contributed by atoms with Gasteiger partial charge in [0.25, 0.3) is 0 Å². The van der Waals surface area contributed by atoms with Crippen molar-refractivity contribution in [2.45, 2.75) is 20.8 Å². The number of para-hydroxylation sites is 2. The minimum atomic E-state index is -0.0327. The van der Waals surface area contributed by atoms with Crippen LogP contribution in [0.4, 0.5) is 16.2 Å². The SMILES string of the molecule is CCOc1ccccc1N1CCN(C(=O)Nc2ccc(C)cc2C)CC1. The summed E-state index contributed by atoms with van der Waals surface area (Å²) in [4.78, 5) is 16.7. The molecule has 138 valence electrons. The van der Waals surface area contributed by atoms with Crippen LogP contribution in [0.5, 0.6) is 5.75 Å². The van der Waals surface area contributed by atoms with Gasteiger partial charge in [0.1, 0.15) is 5.75 Å². The maximum atomic E-state index is 12.6. The van der Waals surface area contributed by atoms with Crippen molar-refractivity contribution >= 4 is 17.4 Å². The van der Waals surface area contributed by atoms with Gasteiger partial charge in [-0.2, -0.15) is 0 Å². The van der Waals surface area contributed by atoms with Crippen molar-refractivity contribution in [1.29, 1.82) is 0 Å². The lowest BCUT2D eigenvalue weighted by atomic mass is 10.1. The molecule has 0 bridgehead atoms. The molecule has 3 rings (SSSR count). The highest BCUT2D eigenvalue weighted by Crippen LogP contribution is 2.29. The van der Waals surface area contributed by atoms with Crippen molar-refractivity contribution in [3.63, 3.8) is 0 Å². The molecule has 0 aliphatic carbocycles. The fourth-order valence-electron chi connectivity index (χ4n) is 3.29. The summed E-state index contributed by atoms with van der Waals surface area (Å²) in [6.07, 6.45) is 0. The summed E-state index contributed by atoms with van der Waals surface area (Å²) in [6.45, 7) is 9.69. The van der Waals surface area contributed by atoms with Gasteiger partial charge in [0.05, 0.1) is 12.3 Å². The molecule has 0 atom stereocenters. The first-order valence-electron chi connectivity index (χ1n) is 9.18. The summed E-state index contributed by atoms with van der Waals surface area (Å²) >= 11 is 0. The predicted molar refractivity (Wildman–Crippen MR) is 106 cm³/mol. The maximum absolute atomic E-state index is 12.6. The van der Waals surface area contributed by atoms with Gasteiger partial charge in [-0.05, 0) is 44.5 Å². The van der Waals surface area contributed by atoms with Gasteiger partial charge in [0.15, 0.2) is 0 Å². The van der Waals surface area contributed by atoms with E-state index >= 15 is 0 Å². The van der Waals surface area contributed by atoms with Crippen LogP contribution in [0, 0.1) is 13.8 Å². The van der Waals surface area contributed by atoms with E-state index in [2.05, 4.69) is 29.3 Å². The predicted octanol–water partition coefficient (Wildman–Crippen LogP) is 4.06. The number of aryl methyl sites for hydroxylation is 2. The van der Waals surface area contributed by atoms with E-state index in [1.165, 1.54) is 5.56 Å². The van der Waals surface area contributed by atoms with Crippen LogP contribution in [0.15, 0.2) is 42.5 Å². The second-order valence-corrected chi connectivity index (χ2v) is 6.62. The first-order valence-corrected chi connectivity index (χ1v) is 9.18. The summed E-state index contributed by atoms with van der Waals surface area (Å²) in [6, 6.07) is 14.1. The lowest BCUT2D eigenvalue weighted by Crippen LogP contribution is -2.50. The molecule has 0 aromatic heterocycles. The molecule has 0 spiro atoms. The molecular formula is C21H27N3O2. The molecule has 1 aliphatic heterocycles. The molecule has 0 saturated carbocycles. The average Bonchev–Trinajstić information content (AvgIpc) is 2.65. The molecule has 1 saturated heterocycles. The van der Waals surface area contributed by atoms with E-state index in [1.807, 2.05) is 49.1 Å². The normalized spacial score (nSPS) is 14.3. The lowest BCUT2D eigenvalue weighted by Gasteiger charge is -2.36. The van der Waals surface area contributed by atoms with Gasteiger partial charge in [-0.1, -0.05) is 29.8 Å². The Morgan fingerprint density at radius 2 is 1.81 bits per heavy atom. The minimum Gasteiger partial charge on any atom is -0.492 e. The molecule has 5 heteroatoms. The van der Waals surface area contributed by atoms with Gasteiger partial charge in [-0.25, -0.2) is 4.79 Å². The highest BCUT2D eigenvalue weighted by Gasteiger charge is 2.23. The highest BCUT2D eigenvalue weighted by atomic mass is 16.5. The number of hydrogen-bond donors (Lipinski definition) is 1. The zero-order chi connectivity index (χ0) is 18.5. The number of carbonyl (C=O) groups is 1. The van der Waals surface area contributed by atoms with E-state index in [1.54, 1.807) is 0 Å². The molecule has 2 amide bonds. The first-order chi connectivity index (χ1) is 12.6. The number of benzene rings is 2. The summed E-state index contributed by atoms with van der Waals surface area (Å²) in [5, 5.41) is 3.04. The third-order valence-corrected chi connectivity index (χ3v) is 4.70. The molecule has 0 radical (unpaired) electrons. The van der Waals surface area contributed by atoms with Crippen LogP contribution in [0.3, 0.4) is 0 Å². The number of hydrogen-bond acceptors (Lipinski definition) is 3. The maximum Gasteiger partial charge on any atom is 0.321 e. The molecule has 2 aromatic rings. The van der Waals surface area contributed by atoms with Crippen LogP contribution in [-0.4, -0.2) is 43.7 Å². The Morgan fingerprint density at radius 3 is 2.50 bits per heavy atom. The van der Waals surface area contributed by atoms with Crippen molar-refractivity contribution in [1.82, 2.24) is 4.90 Å². The molecule has 1 N–H and O–H groups in total. The van der Waals surface area contributed by atoms with Crippen LogP contribution in [0.1, 0.15) is 18.1 Å². The Labute approximate surface area is 155 Å². The fraction of sp³-hybridized carbons (Fsp3) is 0.381. The Morgan fingerprint density at radius 1 is 1.08 bits per heavy atom. The van der Waals surface area contributed by atoms with Gasteiger partial charge in [0, 0.05) is 31.9 Å². The summed E-state index contributed by atoms with van der Waals surface area (Å²) in [5.74, 6) is 0.906. The third kappa shape index (κ3) is 4.10. The summed E-state index contributed by atoms with van der Waals surface area (Å²) in [5.41, 5.74) is 4.26. The van der Waals surface area contributed by atoms with Gasteiger partial charge >= 0.3 is 6.03 Å². The number of piperazine rings is 1. The number of amides is 2. The quantitative estimate of drug-likeness (QED) is 0.902. The van der Waals surface area contributed by atoms with Gasteiger partial charge in [-0.3, -0.25) is 0 Å². The van der Waals surface area contributed by atoms with Crippen molar-refractivity contribution in [3.05, 3.63) is 53.6 Å². The molecule has 0 unspecified atom stereocenters. The molecule has 1 fully saturated rings. The summed E-state index contributed by atoms with van der Waals surface area (Å²) < 4.78 is 5.73. The summed E-state index contributed by atoms with van der Waals surface area (Å²) in [7, 11) is 0. The zero-order valence-electron chi connectivity index (χ0n) is 15.8. The second kappa shape index (κ2) is 8.13. The van der Waals surface area contributed by atoms with E-state index in [4.69, 9.17) is 4.74 Å². The standard InChI is InChI=1S/C21H27N3O2/c1-4-26-20-8-6-5-7-19(20)23-11-13-24(14-12-23)21(25)22-18-10-9-16(2)15-17(18)3/h5-10,15H,4,11-14H2,1-3H3,(H,22,25). The number of rotatable bonds is 4. The molecule has 2 aromatic carbocycles. The Hall–Kier alpha value is -2.69. The van der Waals surface area contributed by atoms with E-state index < -0.39 is 0 Å². The van der Waals surface area contributed by atoms with Crippen molar-refractivity contribution in [3.8, 4) is 5.75 Å². The zero-order valence-corrected chi connectivity index (χ0v) is 15.8. The largest absolute Gasteiger partial charge is 0.492 e. The van der Waals surface area contributed by atoms with Crippen molar-refractivity contribution < 1.29 is 9.53 Å². The van der Waals surface area contributed by atoms with Crippen molar-refractivity contribution in [2.24, 2.45) is 0 Å². The van der Waals surface area contributed by atoms with Crippen LogP contribution in [0.2, 0.25) is 0 Å². The van der Waals surface area contributed by atoms with E-state index in [9.17, 15) is 4.79 Å². The van der Waals surface area contributed by atoms with Gasteiger partial charge in [0.2, 0.25) is 0 Å². The topological polar surface area (TPSA) is 44.8 Å². The Bertz CT molecular complexity index is 768. The highest BCUT2D eigenvalue weighted by molar-refractivity contribution is 5.90. The van der Waals surface area contributed by atoms with Crippen LogP contribution in [0.25, 0.3) is 0 Å². The monoisotopic (exact) mass is 353 g/mol. The van der Waals surface area contributed by atoms with E-state index in [0.29, 0.717) is 19.7 Å². The van der Waals surface area contributed by atoms with E-state index in [-0.39, 0.29) is 6.03 Å². The molecule has 1 heterocycles. The van der Waals surface area contributed by atoms with E-state index in [0.717, 1.165) is 35.8 Å². The van der Waals surface area contributed by atoms with Gasteiger partial charge in [-0.15, -0.1) is 0 Å². The molecule has 26 heavy (non-hydrogen) atoms. The Kier molecular flexibility index (Phi) is 5.66. The number of nitrogens with zero attached hydrogens (tertiary/aromatic N) is 2. The number of carbonyl (C=O) groups excluding carboxylic acids is 1. The van der Waals surface area contributed by atoms with Crippen LogP contribution < -0.4 is 15.0 Å². The Balaban J connectivity index is 1.60. The average molecular weight is 353 g/mol. The molecule has 5 nitrogen and oxygen atoms in total. The number of nitrogens with one attached hydrogen (secondary N) is 1. The minimum absolute atomic E-state index is 0.0327. The van der Waals surface area contributed by atoms with Crippen LogP contribution in [-0.2, 0) is 0 Å². The smallest absolute Gasteiger partial charge is 0.321 e. The van der Waals surface area contributed by atoms with Gasteiger partial charge < -0.3 is 19.9 Å². The molecule has 1 aliphatic rings. The number of urea groups is 1. The number of ether oxygens (including phenoxy) is 1. The lowest BCUT2D eigenvalue weighted by molar-refractivity contribution is 0.208. The second-order valence-electron chi connectivity index (χ2n) is 6.62.